The number of amides is 1. The zero-order valence-corrected chi connectivity index (χ0v) is 12.0. The van der Waals surface area contributed by atoms with Crippen molar-refractivity contribution < 1.29 is 14.7 Å². The standard InChI is InChI=1S/C14H18ClNO3/c1-4-7-14(3,13(18)19)16-12(17)10-5-6-11(15)9(2)8-10/h5-6,8H,4,7H2,1-3H3,(H,16,17)(H,18,19). The number of aliphatic carboxylic acids is 1. The van der Waals surface area contributed by atoms with Crippen LogP contribution in [0.25, 0.3) is 0 Å². The molecule has 0 aliphatic heterocycles. The van der Waals surface area contributed by atoms with E-state index in [4.69, 9.17) is 11.6 Å². The molecule has 5 heteroatoms. The van der Waals surface area contributed by atoms with Crippen LogP contribution in [0.3, 0.4) is 0 Å². The summed E-state index contributed by atoms with van der Waals surface area (Å²) in [5, 5.41) is 12.4. The van der Waals surface area contributed by atoms with Gasteiger partial charge in [0, 0.05) is 10.6 Å². The van der Waals surface area contributed by atoms with Crippen molar-refractivity contribution in [2.75, 3.05) is 0 Å². The number of nitrogens with one attached hydrogen (secondary N) is 1. The van der Waals surface area contributed by atoms with Gasteiger partial charge in [-0.05, 0) is 44.0 Å². The number of hydrogen-bond acceptors (Lipinski definition) is 2. The number of benzene rings is 1. The van der Waals surface area contributed by atoms with Crippen LogP contribution in [0.4, 0.5) is 0 Å². The average Bonchev–Trinajstić information content (AvgIpc) is 2.32. The van der Waals surface area contributed by atoms with Crippen molar-refractivity contribution in [1.29, 1.82) is 0 Å². The molecule has 0 fully saturated rings. The molecule has 0 bridgehead atoms. The smallest absolute Gasteiger partial charge is 0.329 e. The van der Waals surface area contributed by atoms with Crippen LogP contribution in [-0.2, 0) is 4.79 Å². The summed E-state index contributed by atoms with van der Waals surface area (Å²) < 4.78 is 0. The minimum atomic E-state index is -1.25. The topological polar surface area (TPSA) is 66.4 Å². The highest BCUT2D eigenvalue weighted by molar-refractivity contribution is 6.31. The molecule has 0 saturated carbocycles. The molecule has 1 atom stereocenters. The summed E-state index contributed by atoms with van der Waals surface area (Å²) in [6.45, 7) is 5.18. The van der Waals surface area contributed by atoms with Gasteiger partial charge in [-0.25, -0.2) is 4.79 Å². The van der Waals surface area contributed by atoms with Crippen LogP contribution in [0, 0.1) is 6.92 Å². The third-order valence-electron chi connectivity index (χ3n) is 3.03. The molecule has 0 heterocycles. The van der Waals surface area contributed by atoms with E-state index in [0.29, 0.717) is 23.4 Å². The van der Waals surface area contributed by atoms with Crippen molar-refractivity contribution in [1.82, 2.24) is 5.32 Å². The van der Waals surface area contributed by atoms with Crippen LogP contribution in [0.1, 0.15) is 42.6 Å². The third-order valence-corrected chi connectivity index (χ3v) is 3.46. The molecule has 0 aromatic heterocycles. The van der Waals surface area contributed by atoms with E-state index in [1.54, 1.807) is 25.1 Å². The summed E-state index contributed by atoms with van der Waals surface area (Å²) in [7, 11) is 0. The summed E-state index contributed by atoms with van der Waals surface area (Å²) in [5.41, 5.74) is -0.0633. The van der Waals surface area contributed by atoms with E-state index < -0.39 is 17.4 Å². The molecule has 0 radical (unpaired) electrons. The molecule has 1 aromatic rings. The van der Waals surface area contributed by atoms with Crippen LogP contribution >= 0.6 is 11.6 Å². The second kappa shape index (κ2) is 6.06. The van der Waals surface area contributed by atoms with Crippen molar-refractivity contribution in [3.05, 3.63) is 34.3 Å². The lowest BCUT2D eigenvalue weighted by Crippen LogP contribution is -2.52. The van der Waals surface area contributed by atoms with Gasteiger partial charge in [0.1, 0.15) is 5.54 Å². The first kappa shape index (κ1) is 15.5. The molecule has 1 rings (SSSR count). The first-order valence-electron chi connectivity index (χ1n) is 6.12. The predicted molar refractivity (Wildman–Crippen MR) is 74.6 cm³/mol. The molecule has 1 unspecified atom stereocenters. The van der Waals surface area contributed by atoms with Gasteiger partial charge in [0.2, 0.25) is 0 Å². The molecular weight excluding hydrogens is 266 g/mol. The van der Waals surface area contributed by atoms with Gasteiger partial charge in [-0.1, -0.05) is 24.9 Å². The highest BCUT2D eigenvalue weighted by Gasteiger charge is 2.34. The lowest BCUT2D eigenvalue weighted by atomic mass is 9.95. The van der Waals surface area contributed by atoms with Gasteiger partial charge in [-0.15, -0.1) is 0 Å². The second-order valence-corrected chi connectivity index (χ2v) is 5.21. The van der Waals surface area contributed by atoms with Crippen LogP contribution in [0.2, 0.25) is 5.02 Å². The van der Waals surface area contributed by atoms with Crippen molar-refractivity contribution in [3.8, 4) is 0 Å². The number of hydrogen-bond donors (Lipinski definition) is 2. The fourth-order valence-corrected chi connectivity index (χ4v) is 1.95. The molecule has 1 amide bonds. The largest absolute Gasteiger partial charge is 0.480 e. The van der Waals surface area contributed by atoms with Crippen molar-refractivity contribution in [2.24, 2.45) is 0 Å². The zero-order valence-electron chi connectivity index (χ0n) is 11.3. The van der Waals surface area contributed by atoms with Crippen LogP contribution in [-0.4, -0.2) is 22.5 Å². The highest BCUT2D eigenvalue weighted by Crippen LogP contribution is 2.18. The molecule has 0 aliphatic rings. The number of halogens is 1. The third kappa shape index (κ3) is 3.70. The molecule has 0 aliphatic carbocycles. The maximum absolute atomic E-state index is 12.1. The van der Waals surface area contributed by atoms with E-state index in [1.807, 2.05) is 6.92 Å². The van der Waals surface area contributed by atoms with Crippen LogP contribution < -0.4 is 5.32 Å². The van der Waals surface area contributed by atoms with Gasteiger partial charge in [0.25, 0.3) is 5.91 Å². The number of carboxylic acid groups (broad SMARTS) is 1. The zero-order chi connectivity index (χ0) is 14.6. The summed E-state index contributed by atoms with van der Waals surface area (Å²) in [5.74, 6) is -1.44. The predicted octanol–water partition coefficient (Wildman–Crippen LogP) is 3.02. The first-order chi connectivity index (χ1) is 8.80. The maximum Gasteiger partial charge on any atom is 0.329 e. The monoisotopic (exact) mass is 283 g/mol. The SMILES string of the molecule is CCCC(C)(NC(=O)c1ccc(Cl)c(C)c1)C(=O)O. The van der Waals surface area contributed by atoms with Gasteiger partial charge in [0.15, 0.2) is 0 Å². The van der Waals surface area contributed by atoms with Gasteiger partial charge < -0.3 is 10.4 Å². The second-order valence-electron chi connectivity index (χ2n) is 4.81. The molecule has 104 valence electrons. The molecule has 1 aromatic carbocycles. The van der Waals surface area contributed by atoms with Crippen molar-refractivity contribution >= 4 is 23.5 Å². The number of carboxylic acids is 1. The highest BCUT2D eigenvalue weighted by atomic mass is 35.5. The molecule has 0 spiro atoms. The Labute approximate surface area is 117 Å². The van der Waals surface area contributed by atoms with Crippen LogP contribution in [0.15, 0.2) is 18.2 Å². The molecule has 0 saturated heterocycles. The van der Waals surface area contributed by atoms with Gasteiger partial charge in [-0.3, -0.25) is 4.79 Å². The van der Waals surface area contributed by atoms with E-state index in [-0.39, 0.29) is 0 Å². The molecule has 19 heavy (non-hydrogen) atoms. The Hall–Kier alpha value is -1.55. The maximum atomic E-state index is 12.1. The van der Waals surface area contributed by atoms with Crippen molar-refractivity contribution in [3.63, 3.8) is 0 Å². The fraction of sp³-hybridized carbons (Fsp3) is 0.429. The fourth-order valence-electron chi connectivity index (χ4n) is 1.83. The number of carbonyl (C=O) groups is 2. The van der Waals surface area contributed by atoms with Gasteiger partial charge in [-0.2, -0.15) is 0 Å². The van der Waals surface area contributed by atoms with E-state index in [2.05, 4.69) is 5.32 Å². The molecular formula is C14H18ClNO3. The van der Waals surface area contributed by atoms with E-state index in [9.17, 15) is 14.7 Å². The Morgan fingerprint density at radius 2 is 2.05 bits per heavy atom. The van der Waals surface area contributed by atoms with E-state index in [0.717, 1.165) is 5.56 Å². The Balaban J connectivity index is 2.94. The number of carbonyl (C=O) groups excluding carboxylic acids is 1. The Morgan fingerprint density at radius 1 is 1.42 bits per heavy atom. The van der Waals surface area contributed by atoms with Gasteiger partial charge >= 0.3 is 5.97 Å². The summed E-state index contributed by atoms with van der Waals surface area (Å²) in [6, 6.07) is 4.86. The lowest BCUT2D eigenvalue weighted by Gasteiger charge is -2.25. The Kier molecular flexibility index (Phi) is 4.95. The number of aryl methyl sites for hydroxylation is 1. The Bertz CT molecular complexity index is 501. The van der Waals surface area contributed by atoms with E-state index in [1.165, 1.54) is 6.92 Å². The summed E-state index contributed by atoms with van der Waals surface area (Å²) >= 11 is 5.89. The normalized spacial score (nSPS) is 13.7. The van der Waals surface area contributed by atoms with Crippen molar-refractivity contribution in [2.45, 2.75) is 39.2 Å². The van der Waals surface area contributed by atoms with E-state index >= 15 is 0 Å². The first-order valence-corrected chi connectivity index (χ1v) is 6.50. The quantitative estimate of drug-likeness (QED) is 0.873. The minimum Gasteiger partial charge on any atom is -0.480 e. The summed E-state index contributed by atoms with van der Waals surface area (Å²) in [6.07, 6.45) is 1.05. The lowest BCUT2D eigenvalue weighted by molar-refractivity contribution is -0.144. The van der Waals surface area contributed by atoms with Crippen LogP contribution in [0.5, 0.6) is 0 Å². The molecule has 4 nitrogen and oxygen atoms in total. The average molecular weight is 284 g/mol. The summed E-state index contributed by atoms with van der Waals surface area (Å²) in [4.78, 5) is 23.3. The minimum absolute atomic E-state index is 0.376. The molecule has 2 N–H and O–H groups in total. The van der Waals surface area contributed by atoms with Gasteiger partial charge in [0.05, 0.1) is 0 Å². The number of rotatable bonds is 5. The Morgan fingerprint density at radius 3 is 2.53 bits per heavy atom.